The van der Waals surface area contributed by atoms with E-state index in [1.165, 1.54) is 0 Å². The number of nitrogens with one attached hydrogen (secondary N) is 2. The van der Waals surface area contributed by atoms with Crippen molar-refractivity contribution in [3.05, 3.63) is 94.9 Å². The first-order valence-corrected chi connectivity index (χ1v) is 10.7. The Morgan fingerprint density at radius 2 is 1.64 bits per heavy atom. The van der Waals surface area contributed by atoms with Gasteiger partial charge in [0.05, 0.1) is 23.4 Å². The van der Waals surface area contributed by atoms with Gasteiger partial charge < -0.3 is 19.9 Å². The van der Waals surface area contributed by atoms with Crippen LogP contribution in [0.5, 0.6) is 5.75 Å². The fourth-order valence-electron chi connectivity index (χ4n) is 3.49. The summed E-state index contributed by atoms with van der Waals surface area (Å²) < 4.78 is 11.2. The molecule has 0 spiro atoms. The van der Waals surface area contributed by atoms with Crippen LogP contribution >= 0.6 is 0 Å². The molecule has 4 aromatic rings. The van der Waals surface area contributed by atoms with E-state index in [0.717, 1.165) is 27.6 Å². The van der Waals surface area contributed by atoms with Crippen LogP contribution in [0.3, 0.4) is 0 Å². The van der Waals surface area contributed by atoms with Crippen LogP contribution in [0, 0.1) is 13.8 Å². The Kier molecular flexibility index (Phi) is 6.69. The number of amides is 2. The number of nitrogens with zero attached hydrogens (tertiary/aromatic N) is 1. The molecule has 7 nitrogen and oxygen atoms in total. The molecule has 0 atom stereocenters. The first-order chi connectivity index (χ1) is 16.0. The lowest BCUT2D eigenvalue weighted by Gasteiger charge is -2.13. The summed E-state index contributed by atoms with van der Waals surface area (Å²) in [5, 5.41) is 11.3. The minimum absolute atomic E-state index is 0.137. The average Bonchev–Trinajstić information content (AvgIpc) is 3.16. The Bertz CT molecular complexity index is 1260. The number of hydrogen-bond acceptors (Lipinski definition) is 5. The van der Waals surface area contributed by atoms with E-state index in [9.17, 15) is 9.59 Å². The maximum absolute atomic E-state index is 13.0. The third kappa shape index (κ3) is 5.38. The van der Waals surface area contributed by atoms with Crippen molar-refractivity contribution in [1.82, 2.24) is 15.8 Å². The average molecular weight is 444 g/mol. The van der Waals surface area contributed by atoms with Gasteiger partial charge in [0, 0.05) is 6.54 Å². The number of benzene rings is 3. The number of ether oxygens (including phenoxy) is 1. The molecule has 0 fully saturated rings. The molecular weight excluding hydrogens is 418 g/mol. The highest BCUT2D eigenvalue weighted by atomic mass is 16.5. The maximum Gasteiger partial charge on any atom is 0.255 e. The molecule has 0 aliphatic rings. The molecular formula is C26H25N3O4. The van der Waals surface area contributed by atoms with Crippen molar-refractivity contribution in [2.75, 3.05) is 6.54 Å². The van der Waals surface area contributed by atoms with E-state index in [-0.39, 0.29) is 25.0 Å². The van der Waals surface area contributed by atoms with E-state index in [0.29, 0.717) is 23.6 Å². The van der Waals surface area contributed by atoms with Gasteiger partial charge in [-0.3, -0.25) is 9.59 Å². The zero-order chi connectivity index (χ0) is 23.2. The SMILES string of the molecule is Cc1noc(C)c1COc1cc2ccccc2cc1C(=O)NCC(=O)NCc1ccccc1. The Morgan fingerprint density at radius 3 is 2.33 bits per heavy atom. The summed E-state index contributed by atoms with van der Waals surface area (Å²) in [6.45, 7) is 4.15. The van der Waals surface area contributed by atoms with Gasteiger partial charge in [-0.15, -0.1) is 0 Å². The topological polar surface area (TPSA) is 93.5 Å². The number of aryl methyl sites for hydroxylation is 2. The van der Waals surface area contributed by atoms with E-state index in [1.807, 2.05) is 74.5 Å². The van der Waals surface area contributed by atoms with Gasteiger partial charge in [0.1, 0.15) is 18.1 Å². The lowest BCUT2D eigenvalue weighted by Crippen LogP contribution is -2.36. The third-order valence-corrected chi connectivity index (χ3v) is 5.39. The number of hydrogen-bond donors (Lipinski definition) is 2. The van der Waals surface area contributed by atoms with Gasteiger partial charge in [-0.05, 0) is 42.3 Å². The minimum Gasteiger partial charge on any atom is -0.488 e. The van der Waals surface area contributed by atoms with Crippen molar-refractivity contribution in [3.63, 3.8) is 0 Å². The van der Waals surface area contributed by atoms with Gasteiger partial charge in [0.25, 0.3) is 5.91 Å². The third-order valence-electron chi connectivity index (χ3n) is 5.39. The van der Waals surface area contributed by atoms with Gasteiger partial charge in [0.2, 0.25) is 5.91 Å². The molecule has 168 valence electrons. The number of fused-ring (bicyclic) bond motifs is 1. The van der Waals surface area contributed by atoms with Crippen molar-refractivity contribution in [2.45, 2.75) is 27.0 Å². The van der Waals surface area contributed by atoms with Gasteiger partial charge in [-0.2, -0.15) is 0 Å². The van der Waals surface area contributed by atoms with Crippen LogP contribution in [0.1, 0.15) is 32.9 Å². The molecule has 3 aromatic carbocycles. The smallest absolute Gasteiger partial charge is 0.255 e. The highest BCUT2D eigenvalue weighted by Crippen LogP contribution is 2.27. The number of carbonyl (C=O) groups is 2. The highest BCUT2D eigenvalue weighted by molar-refractivity contribution is 6.02. The summed E-state index contributed by atoms with van der Waals surface area (Å²) in [5.41, 5.74) is 2.93. The summed E-state index contributed by atoms with van der Waals surface area (Å²) in [5.74, 6) is 0.445. The predicted octanol–water partition coefficient (Wildman–Crippen LogP) is 4.07. The summed E-state index contributed by atoms with van der Waals surface area (Å²) in [7, 11) is 0. The fourth-order valence-corrected chi connectivity index (χ4v) is 3.49. The van der Waals surface area contributed by atoms with E-state index >= 15 is 0 Å². The van der Waals surface area contributed by atoms with Crippen LogP contribution in [0.4, 0.5) is 0 Å². The van der Waals surface area contributed by atoms with Crippen molar-refractivity contribution >= 4 is 22.6 Å². The second-order valence-electron chi connectivity index (χ2n) is 7.73. The summed E-state index contributed by atoms with van der Waals surface area (Å²) >= 11 is 0. The quantitative estimate of drug-likeness (QED) is 0.428. The van der Waals surface area contributed by atoms with Crippen LogP contribution in [0.2, 0.25) is 0 Å². The van der Waals surface area contributed by atoms with Crippen LogP contribution in [0.15, 0.2) is 71.3 Å². The molecule has 2 amide bonds. The number of carbonyl (C=O) groups excluding carboxylic acids is 2. The van der Waals surface area contributed by atoms with Gasteiger partial charge in [0.15, 0.2) is 0 Å². The maximum atomic E-state index is 13.0. The van der Waals surface area contributed by atoms with Crippen molar-refractivity contribution in [3.8, 4) is 5.75 Å². The lowest BCUT2D eigenvalue weighted by molar-refractivity contribution is -0.120. The van der Waals surface area contributed by atoms with Crippen LogP contribution in [-0.4, -0.2) is 23.5 Å². The first kappa shape index (κ1) is 22.1. The molecule has 0 aliphatic heterocycles. The molecule has 0 radical (unpaired) electrons. The lowest BCUT2D eigenvalue weighted by atomic mass is 10.1. The van der Waals surface area contributed by atoms with Crippen LogP contribution in [0.25, 0.3) is 10.8 Å². The van der Waals surface area contributed by atoms with E-state index < -0.39 is 0 Å². The Labute approximate surface area is 191 Å². The standard InChI is InChI=1S/C26H25N3O4/c1-17-23(18(2)33-29-17)16-32-24-13-21-11-7-6-10-20(21)12-22(24)26(31)28-15-25(30)27-14-19-8-4-3-5-9-19/h3-13H,14-16H2,1-2H3,(H,27,30)(H,28,31). The molecule has 0 unspecified atom stereocenters. The monoisotopic (exact) mass is 443 g/mol. The van der Waals surface area contributed by atoms with Gasteiger partial charge >= 0.3 is 0 Å². The highest BCUT2D eigenvalue weighted by Gasteiger charge is 2.17. The van der Waals surface area contributed by atoms with Crippen LogP contribution in [-0.2, 0) is 17.9 Å². The molecule has 0 bridgehead atoms. The molecule has 2 N–H and O–H groups in total. The zero-order valence-corrected chi connectivity index (χ0v) is 18.6. The van der Waals surface area contributed by atoms with E-state index in [4.69, 9.17) is 9.26 Å². The zero-order valence-electron chi connectivity index (χ0n) is 18.6. The molecule has 0 saturated heterocycles. The Hall–Kier alpha value is -4.13. The first-order valence-electron chi connectivity index (χ1n) is 10.7. The number of rotatable bonds is 8. The van der Waals surface area contributed by atoms with Gasteiger partial charge in [-0.1, -0.05) is 59.8 Å². The largest absolute Gasteiger partial charge is 0.488 e. The van der Waals surface area contributed by atoms with Gasteiger partial charge in [-0.25, -0.2) is 0 Å². The summed E-state index contributed by atoms with van der Waals surface area (Å²) in [6.07, 6.45) is 0. The molecule has 0 saturated carbocycles. The number of aromatic nitrogens is 1. The molecule has 7 heteroatoms. The summed E-state index contributed by atoms with van der Waals surface area (Å²) in [6, 6.07) is 20.9. The van der Waals surface area contributed by atoms with Crippen molar-refractivity contribution in [1.29, 1.82) is 0 Å². The molecule has 1 heterocycles. The van der Waals surface area contributed by atoms with Crippen molar-refractivity contribution < 1.29 is 18.8 Å². The predicted molar refractivity (Wildman–Crippen MR) is 125 cm³/mol. The van der Waals surface area contributed by atoms with Crippen molar-refractivity contribution in [2.24, 2.45) is 0 Å². The molecule has 1 aromatic heterocycles. The Morgan fingerprint density at radius 1 is 0.939 bits per heavy atom. The minimum atomic E-state index is -0.385. The Balaban J connectivity index is 1.47. The molecule has 4 rings (SSSR count). The second-order valence-corrected chi connectivity index (χ2v) is 7.73. The van der Waals surface area contributed by atoms with E-state index in [1.54, 1.807) is 6.07 Å². The normalized spacial score (nSPS) is 10.7. The molecule has 0 aliphatic carbocycles. The fraction of sp³-hybridized carbons (Fsp3) is 0.192. The summed E-state index contributed by atoms with van der Waals surface area (Å²) in [4.78, 5) is 25.2. The van der Waals surface area contributed by atoms with E-state index in [2.05, 4.69) is 15.8 Å². The molecule has 33 heavy (non-hydrogen) atoms. The second kappa shape index (κ2) is 9.99. The van der Waals surface area contributed by atoms with Crippen LogP contribution < -0.4 is 15.4 Å².